The lowest BCUT2D eigenvalue weighted by atomic mass is 9.64. The summed E-state index contributed by atoms with van der Waals surface area (Å²) in [5.74, 6) is 1.01. The van der Waals surface area contributed by atoms with Crippen molar-refractivity contribution in [2.45, 2.75) is 73.1 Å². The Kier molecular flexibility index (Phi) is 5.22. The highest BCUT2D eigenvalue weighted by Crippen LogP contribution is 2.47. The molecule has 0 amide bonds. The Balaban J connectivity index is 3.78. The molecule has 0 atom stereocenters. The summed E-state index contributed by atoms with van der Waals surface area (Å²) in [5.41, 5.74) is 4.09. The summed E-state index contributed by atoms with van der Waals surface area (Å²) in [4.78, 5) is 0. The van der Waals surface area contributed by atoms with E-state index in [1.54, 1.807) is 7.11 Å². The van der Waals surface area contributed by atoms with Crippen molar-refractivity contribution in [3.05, 3.63) is 34.9 Å². The molecule has 0 heterocycles. The van der Waals surface area contributed by atoms with E-state index in [1.807, 2.05) is 0 Å². The number of hydrogen-bond acceptors (Lipinski definition) is 1. The standard InChI is InChI=1S/C21H34O/c1-11-12-15-13-16(19(2,3)4)14-17(18(15)22-10)21(8,9)20(5,6)7/h11-14H,1-10H3/b12-11-. The molecule has 0 unspecified atom stereocenters. The molecular weight excluding hydrogens is 268 g/mol. The zero-order valence-electron chi connectivity index (χ0n) is 16.2. The van der Waals surface area contributed by atoms with Gasteiger partial charge in [0, 0.05) is 11.1 Å². The summed E-state index contributed by atoms with van der Waals surface area (Å²) in [6.07, 6.45) is 4.23. The number of allylic oxidation sites excluding steroid dienone is 1. The molecule has 22 heavy (non-hydrogen) atoms. The summed E-state index contributed by atoms with van der Waals surface area (Å²) >= 11 is 0. The molecule has 0 saturated carbocycles. The molecule has 1 heteroatoms. The largest absolute Gasteiger partial charge is 0.496 e. The normalized spacial score (nSPS) is 13.7. The molecule has 0 radical (unpaired) electrons. The summed E-state index contributed by atoms with van der Waals surface area (Å²) < 4.78 is 5.83. The highest BCUT2D eigenvalue weighted by atomic mass is 16.5. The molecule has 0 saturated heterocycles. The zero-order chi connectivity index (χ0) is 17.3. The Morgan fingerprint density at radius 2 is 1.45 bits per heavy atom. The number of benzene rings is 1. The molecule has 0 spiro atoms. The summed E-state index contributed by atoms with van der Waals surface area (Å²) in [5, 5.41) is 0. The predicted octanol–water partition coefficient (Wildman–Crippen LogP) is 6.35. The third-order valence-electron chi connectivity index (χ3n) is 5.08. The van der Waals surface area contributed by atoms with E-state index in [4.69, 9.17) is 4.74 Å². The van der Waals surface area contributed by atoms with Gasteiger partial charge in [-0.05, 0) is 34.8 Å². The van der Waals surface area contributed by atoms with Gasteiger partial charge in [-0.15, -0.1) is 0 Å². The van der Waals surface area contributed by atoms with Gasteiger partial charge in [0.15, 0.2) is 0 Å². The van der Waals surface area contributed by atoms with Crippen molar-refractivity contribution >= 4 is 6.08 Å². The summed E-state index contributed by atoms with van der Waals surface area (Å²) in [6, 6.07) is 4.61. The Morgan fingerprint density at radius 3 is 1.82 bits per heavy atom. The van der Waals surface area contributed by atoms with E-state index >= 15 is 0 Å². The van der Waals surface area contributed by atoms with Crippen LogP contribution in [0, 0.1) is 5.41 Å². The van der Waals surface area contributed by atoms with Crippen LogP contribution in [0.1, 0.15) is 79.0 Å². The Labute approximate surface area is 137 Å². The lowest BCUT2D eigenvalue weighted by molar-refractivity contribution is 0.218. The monoisotopic (exact) mass is 302 g/mol. The van der Waals surface area contributed by atoms with Crippen LogP contribution in [-0.4, -0.2) is 7.11 Å². The first kappa shape index (κ1) is 18.8. The van der Waals surface area contributed by atoms with E-state index in [1.165, 1.54) is 16.7 Å². The van der Waals surface area contributed by atoms with Crippen LogP contribution in [0.5, 0.6) is 5.75 Å². The fraction of sp³-hybridized carbons (Fsp3) is 0.619. The maximum Gasteiger partial charge on any atom is 0.129 e. The van der Waals surface area contributed by atoms with E-state index in [0.29, 0.717) is 0 Å². The second-order valence-electron chi connectivity index (χ2n) is 8.77. The van der Waals surface area contributed by atoms with Gasteiger partial charge in [-0.3, -0.25) is 0 Å². The van der Waals surface area contributed by atoms with E-state index in [9.17, 15) is 0 Å². The molecule has 0 fully saturated rings. The van der Waals surface area contributed by atoms with E-state index < -0.39 is 0 Å². The van der Waals surface area contributed by atoms with Gasteiger partial charge in [-0.2, -0.15) is 0 Å². The topological polar surface area (TPSA) is 9.23 Å². The van der Waals surface area contributed by atoms with Crippen molar-refractivity contribution in [3.8, 4) is 5.75 Å². The molecule has 0 aliphatic carbocycles. The molecule has 1 aromatic carbocycles. The maximum absolute atomic E-state index is 5.83. The maximum atomic E-state index is 5.83. The van der Waals surface area contributed by atoms with E-state index in [-0.39, 0.29) is 16.2 Å². The van der Waals surface area contributed by atoms with Crippen molar-refractivity contribution in [3.63, 3.8) is 0 Å². The van der Waals surface area contributed by atoms with Crippen molar-refractivity contribution in [1.82, 2.24) is 0 Å². The molecule has 0 aromatic heterocycles. The van der Waals surface area contributed by atoms with Crippen molar-refractivity contribution in [2.75, 3.05) is 7.11 Å². The fourth-order valence-corrected chi connectivity index (χ4v) is 2.48. The average molecular weight is 303 g/mol. The number of ether oxygens (including phenoxy) is 1. The van der Waals surface area contributed by atoms with Crippen molar-refractivity contribution < 1.29 is 4.74 Å². The third-order valence-corrected chi connectivity index (χ3v) is 5.08. The second-order valence-corrected chi connectivity index (χ2v) is 8.77. The van der Waals surface area contributed by atoms with Crippen LogP contribution in [0.2, 0.25) is 0 Å². The molecule has 0 aliphatic heterocycles. The van der Waals surface area contributed by atoms with Gasteiger partial charge < -0.3 is 4.74 Å². The van der Waals surface area contributed by atoms with Gasteiger partial charge in [0.1, 0.15) is 5.75 Å². The predicted molar refractivity (Wildman–Crippen MR) is 98.9 cm³/mol. The summed E-state index contributed by atoms with van der Waals surface area (Å²) in [7, 11) is 1.78. The third kappa shape index (κ3) is 3.56. The van der Waals surface area contributed by atoms with Gasteiger partial charge in [-0.25, -0.2) is 0 Å². The first-order valence-corrected chi connectivity index (χ1v) is 8.22. The molecule has 1 aromatic rings. The van der Waals surface area contributed by atoms with Crippen LogP contribution < -0.4 is 4.74 Å². The van der Waals surface area contributed by atoms with Crippen LogP contribution in [0.3, 0.4) is 0 Å². The van der Waals surface area contributed by atoms with Crippen molar-refractivity contribution in [1.29, 1.82) is 0 Å². The highest BCUT2D eigenvalue weighted by Gasteiger charge is 2.38. The van der Waals surface area contributed by atoms with Gasteiger partial charge in [-0.1, -0.05) is 73.6 Å². The summed E-state index contributed by atoms with van der Waals surface area (Å²) in [6.45, 7) is 20.4. The Bertz CT molecular complexity index is 548. The second kappa shape index (κ2) is 6.10. The molecule has 1 rings (SSSR count). The van der Waals surface area contributed by atoms with E-state index in [2.05, 4.69) is 86.6 Å². The van der Waals surface area contributed by atoms with Gasteiger partial charge in [0.25, 0.3) is 0 Å². The SMILES string of the molecule is C/C=C\c1cc(C(C)(C)C)cc(C(C)(C)C(C)(C)C)c1OC. The van der Waals surface area contributed by atoms with Crippen LogP contribution >= 0.6 is 0 Å². The zero-order valence-corrected chi connectivity index (χ0v) is 16.2. The molecule has 0 bridgehead atoms. The molecule has 0 aliphatic rings. The molecule has 124 valence electrons. The Morgan fingerprint density at radius 1 is 0.909 bits per heavy atom. The first-order chi connectivity index (χ1) is 9.86. The smallest absolute Gasteiger partial charge is 0.129 e. The molecule has 1 nitrogen and oxygen atoms in total. The van der Waals surface area contributed by atoms with Crippen LogP contribution in [0.25, 0.3) is 6.08 Å². The quantitative estimate of drug-likeness (QED) is 0.632. The molecular formula is C21H34O. The minimum atomic E-state index is 0.00986. The minimum absolute atomic E-state index is 0.00986. The minimum Gasteiger partial charge on any atom is -0.496 e. The first-order valence-electron chi connectivity index (χ1n) is 8.22. The van der Waals surface area contributed by atoms with Gasteiger partial charge in [0.05, 0.1) is 7.11 Å². The average Bonchev–Trinajstić information content (AvgIpc) is 2.35. The number of rotatable bonds is 3. The lowest BCUT2D eigenvalue weighted by Crippen LogP contribution is -2.35. The van der Waals surface area contributed by atoms with Gasteiger partial charge in [0.2, 0.25) is 0 Å². The van der Waals surface area contributed by atoms with E-state index in [0.717, 1.165) is 5.75 Å². The number of methoxy groups -OCH3 is 1. The van der Waals surface area contributed by atoms with Crippen LogP contribution in [-0.2, 0) is 10.8 Å². The Hall–Kier alpha value is -1.24. The van der Waals surface area contributed by atoms with Crippen LogP contribution in [0.15, 0.2) is 18.2 Å². The molecule has 0 N–H and O–H groups in total. The van der Waals surface area contributed by atoms with Crippen LogP contribution in [0.4, 0.5) is 0 Å². The van der Waals surface area contributed by atoms with Crippen molar-refractivity contribution in [2.24, 2.45) is 5.41 Å². The fourth-order valence-electron chi connectivity index (χ4n) is 2.48. The highest BCUT2D eigenvalue weighted by molar-refractivity contribution is 5.63. The number of hydrogen-bond donors (Lipinski definition) is 0. The lowest BCUT2D eigenvalue weighted by Gasteiger charge is -2.41. The van der Waals surface area contributed by atoms with Gasteiger partial charge >= 0.3 is 0 Å².